The van der Waals surface area contributed by atoms with Crippen molar-refractivity contribution in [2.45, 2.75) is 30.6 Å². The lowest BCUT2D eigenvalue weighted by Gasteiger charge is -2.02. The quantitative estimate of drug-likeness (QED) is 0.756. The van der Waals surface area contributed by atoms with Gasteiger partial charge in [-0.05, 0) is 25.0 Å². The number of carbonyl (C=O) groups excluding carboxylic acids is 1. The third-order valence-corrected chi connectivity index (χ3v) is 3.98. The molecule has 3 nitrogen and oxygen atoms in total. The Morgan fingerprint density at radius 3 is 2.53 bits per heavy atom. The standard InChI is InChI=1S/C13H19NO2S/c1-14-13(15)10-6-3-7-11-17(16)12-8-4-2-5-9-12/h2,4-5,8-9H,3,6-7,10-11H2,1H3,(H,14,15). The highest BCUT2D eigenvalue weighted by Crippen LogP contribution is 2.08. The van der Waals surface area contributed by atoms with Crippen LogP contribution in [0.25, 0.3) is 0 Å². The summed E-state index contributed by atoms with van der Waals surface area (Å²) in [7, 11) is 0.746. The Balaban J connectivity index is 2.15. The van der Waals surface area contributed by atoms with Gasteiger partial charge >= 0.3 is 0 Å². The molecule has 0 saturated carbocycles. The summed E-state index contributed by atoms with van der Waals surface area (Å²) in [4.78, 5) is 11.8. The number of rotatable bonds is 7. The summed E-state index contributed by atoms with van der Waals surface area (Å²) >= 11 is 0. The van der Waals surface area contributed by atoms with Crippen LogP contribution < -0.4 is 5.32 Å². The van der Waals surface area contributed by atoms with E-state index in [1.165, 1.54) is 0 Å². The fourth-order valence-corrected chi connectivity index (χ4v) is 2.67. The molecule has 1 atom stereocenters. The highest BCUT2D eigenvalue weighted by molar-refractivity contribution is 7.85. The van der Waals surface area contributed by atoms with Gasteiger partial charge in [0.15, 0.2) is 0 Å². The van der Waals surface area contributed by atoms with Crippen LogP contribution in [0, 0.1) is 0 Å². The maximum absolute atomic E-state index is 11.8. The minimum atomic E-state index is -0.900. The van der Waals surface area contributed by atoms with E-state index in [-0.39, 0.29) is 5.91 Å². The van der Waals surface area contributed by atoms with Gasteiger partial charge < -0.3 is 5.32 Å². The second-order valence-corrected chi connectivity index (χ2v) is 5.42. The Kier molecular flexibility index (Phi) is 6.55. The minimum absolute atomic E-state index is 0.0779. The maximum Gasteiger partial charge on any atom is 0.219 e. The summed E-state index contributed by atoms with van der Waals surface area (Å²) in [6.45, 7) is 0. The molecule has 1 unspecified atom stereocenters. The van der Waals surface area contributed by atoms with Crippen LogP contribution in [0.2, 0.25) is 0 Å². The van der Waals surface area contributed by atoms with Crippen LogP contribution in [0.4, 0.5) is 0 Å². The Hall–Kier alpha value is -1.16. The largest absolute Gasteiger partial charge is 0.359 e. The second kappa shape index (κ2) is 8.01. The number of unbranched alkanes of at least 4 members (excludes halogenated alkanes) is 2. The van der Waals surface area contributed by atoms with Gasteiger partial charge in [0, 0.05) is 24.1 Å². The Bertz CT molecular complexity index is 365. The number of amides is 1. The van der Waals surface area contributed by atoms with E-state index < -0.39 is 10.8 Å². The first-order valence-electron chi connectivity index (χ1n) is 5.88. The van der Waals surface area contributed by atoms with Crippen LogP contribution in [0.15, 0.2) is 35.2 Å². The SMILES string of the molecule is CNC(=O)CCCCCS(=O)c1ccccc1. The molecule has 1 aromatic rings. The molecule has 0 saturated heterocycles. The zero-order valence-electron chi connectivity index (χ0n) is 10.1. The van der Waals surface area contributed by atoms with Gasteiger partial charge in [-0.1, -0.05) is 24.6 Å². The Morgan fingerprint density at radius 1 is 1.18 bits per heavy atom. The van der Waals surface area contributed by atoms with E-state index in [0.717, 1.165) is 24.2 Å². The van der Waals surface area contributed by atoms with Gasteiger partial charge in [-0.3, -0.25) is 9.00 Å². The van der Waals surface area contributed by atoms with E-state index in [9.17, 15) is 9.00 Å². The van der Waals surface area contributed by atoms with Crippen LogP contribution in [0.5, 0.6) is 0 Å². The average molecular weight is 253 g/mol. The third-order valence-electron chi connectivity index (χ3n) is 2.52. The van der Waals surface area contributed by atoms with Crippen LogP contribution >= 0.6 is 0 Å². The predicted molar refractivity (Wildman–Crippen MR) is 70.3 cm³/mol. The van der Waals surface area contributed by atoms with Crippen molar-refractivity contribution in [1.29, 1.82) is 0 Å². The molecule has 0 bridgehead atoms. The van der Waals surface area contributed by atoms with E-state index in [0.29, 0.717) is 12.2 Å². The first kappa shape index (κ1) is 13.9. The molecule has 1 rings (SSSR count). The smallest absolute Gasteiger partial charge is 0.219 e. The fourth-order valence-electron chi connectivity index (χ4n) is 1.51. The van der Waals surface area contributed by atoms with Gasteiger partial charge in [0.05, 0.1) is 10.8 Å². The molecule has 0 spiro atoms. The molecular weight excluding hydrogens is 234 g/mol. The topological polar surface area (TPSA) is 46.2 Å². The van der Waals surface area contributed by atoms with Crippen molar-refractivity contribution in [1.82, 2.24) is 5.32 Å². The monoisotopic (exact) mass is 253 g/mol. The van der Waals surface area contributed by atoms with Crippen LogP contribution in [-0.2, 0) is 15.6 Å². The molecule has 4 heteroatoms. The Labute approximate surface area is 105 Å². The van der Waals surface area contributed by atoms with Gasteiger partial charge in [0.25, 0.3) is 0 Å². The molecule has 0 fully saturated rings. The zero-order valence-corrected chi connectivity index (χ0v) is 11.0. The second-order valence-electron chi connectivity index (χ2n) is 3.85. The van der Waals surface area contributed by atoms with E-state index in [1.807, 2.05) is 30.3 Å². The van der Waals surface area contributed by atoms with Gasteiger partial charge in [0.2, 0.25) is 5.91 Å². The molecule has 0 radical (unpaired) electrons. The molecule has 94 valence electrons. The van der Waals surface area contributed by atoms with E-state index >= 15 is 0 Å². The molecule has 0 aliphatic carbocycles. The van der Waals surface area contributed by atoms with Crippen LogP contribution in [-0.4, -0.2) is 22.9 Å². The first-order valence-corrected chi connectivity index (χ1v) is 7.20. The predicted octanol–water partition coefficient (Wildman–Crippen LogP) is 2.10. The lowest BCUT2D eigenvalue weighted by atomic mass is 10.2. The van der Waals surface area contributed by atoms with Gasteiger partial charge in [-0.2, -0.15) is 0 Å². The highest BCUT2D eigenvalue weighted by Gasteiger charge is 2.03. The lowest BCUT2D eigenvalue weighted by molar-refractivity contribution is -0.120. The third kappa shape index (κ3) is 5.63. The number of hydrogen-bond donors (Lipinski definition) is 1. The molecule has 0 heterocycles. The van der Waals surface area contributed by atoms with Crippen molar-refractivity contribution in [2.75, 3.05) is 12.8 Å². The van der Waals surface area contributed by atoms with E-state index in [4.69, 9.17) is 0 Å². The number of benzene rings is 1. The van der Waals surface area contributed by atoms with Crippen LogP contribution in [0.1, 0.15) is 25.7 Å². The Morgan fingerprint density at radius 2 is 1.88 bits per heavy atom. The summed E-state index contributed by atoms with van der Waals surface area (Å²) in [5, 5.41) is 2.59. The number of carbonyl (C=O) groups is 1. The summed E-state index contributed by atoms with van der Waals surface area (Å²) in [6, 6.07) is 9.50. The summed E-state index contributed by atoms with van der Waals surface area (Å²) in [5.41, 5.74) is 0. The average Bonchev–Trinajstić information content (AvgIpc) is 2.38. The van der Waals surface area contributed by atoms with Crippen molar-refractivity contribution in [2.24, 2.45) is 0 Å². The number of nitrogens with one attached hydrogen (secondary N) is 1. The normalized spacial score (nSPS) is 12.1. The molecule has 0 aliphatic rings. The fraction of sp³-hybridized carbons (Fsp3) is 0.462. The summed E-state index contributed by atoms with van der Waals surface area (Å²) in [5.74, 6) is 0.756. The highest BCUT2D eigenvalue weighted by atomic mass is 32.2. The minimum Gasteiger partial charge on any atom is -0.359 e. The summed E-state index contributed by atoms with van der Waals surface area (Å²) < 4.78 is 11.8. The van der Waals surface area contributed by atoms with Crippen molar-refractivity contribution < 1.29 is 9.00 Å². The van der Waals surface area contributed by atoms with Gasteiger partial charge in [-0.15, -0.1) is 0 Å². The first-order chi connectivity index (χ1) is 8.24. The maximum atomic E-state index is 11.8. The molecule has 0 aliphatic heterocycles. The zero-order chi connectivity index (χ0) is 12.5. The van der Waals surface area contributed by atoms with Crippen LogP contribution in [0.3, 0.4) is 0 Å². The number of hydrogen-bond acceptors (Lipinski definition) is 2. The van der Waals surface area contributed by atoms with Crippen molar-refractivity contribution >= 4 is 16.7 Å². The molecule has 1 aromatic carbocycles. The van der Waals surface area contributed by atoms with E-state index in [2.05, 4.69) is 5.32 Å². The van der Waals surface area contributed by atoms with Crippen molar-refractivity contribution in [3.63, 3.8) is 0 Å². The molecule has 1 amide bonds. The summed E-state index contributed by atoms with van der Waals surface area (Å²) in [6.07, 6.45) is 3.28. The van der Waals surface area contributed by atoms with Gasteiger partial charge in [-0.25, -0.2) is 0 Å². The van der Waals surface area contributed by atoms with Gasteiger partial charge in [0.1, 0.15) is 0 Å². The molecule has 1 N–H and O–H groups in total. The molecule has 0 aromatic heterocycles. The van der Waals surface area contributed by atoms with Crippen molar-refractivity contribution in [3.8, 4) is 0 Å². The van der Waals surface area contributed by atoms with E-state index in [1.54, 1.807) is 7.05 Å². The van der Waals surface area contributed by atoms with Crippen molar-refractivity contribution in [3.05, 3.63) is 30.3 Å². The lowest BCUT2D eigenvalue weighted by Crippen LogP contribution is -2.16. The molecular formula is C13H19NO2S. The molecule has 17 heavy (non-hydrogen) atoms.